The van der Waals surface area contributed by atoms with Crippen LogP contribution in [0.15, 0.2) is 36.9 Å². The highest BCUT2D eigenvalue weighted by molar-refractivity contribution is 6.44. The van der Waals surface area contributed by atoms with E-state index in [2.05, 4.69) is 15.6 Å². The molecule has 3 unspecified atom stereocenters. The van der Waals surface area contributed by atoms with E-state index < -0.39 is 61.1 Å². The summed E-state index contributed by atoms with van der Waals surface area (Å²) < 4.78 is 21.0. The second-order valence-electron chi connectivity index (χ2n) is 9.65. The van der Waals surface area contributed by atoms with Gasteiger partial charge in [-0.05, 0) is 56.7 Å². The Bertz CT molecular complexity index is 1210. The van der Waals surface area contributed by atoms with Gasteiger partial charge in [0.25, 0.3) is 5.91 Å². The Balaban J connectivity index is 1.43. The summed E-state index contributed by atoms with van der Waals surface area (Å²) in [5.41, 5.74) is 0.267. The molecule has 2 aliphatic rings. The number of hydrogen-bond acceptors (Lipinski definition) is 8. The molecule has 1 aliphatic carbocycles. The summed E-state index contributed by atoms with van der Waals surface area (Å²) in [6.45, 7) is 1.97. The first-order chi connectivity index (χ1) is 18.7. The minimum Gasteiger partial charge on any atom is -0.466 e. The van der Waals surface area contributed by atoms with Crippen LogP contribution < -0.4 is 10.6 Å². The average Bonchev–Trinajstić information content (AvgIpc) is 3.37. The summed E-state index contributed by atoms with van der Waals surface area (Å²) in [4.78, 5) is 56.6. The number of rotatable bonds is 11. The van der Waals surface area contributed by atoms with Gasteiger partial charge in [0.2, 0.25) is 11.8 Å². The maximum Gasteiger partial charge on any atom is 0.476 e. The van der Waals surface area contributed by atoms with Gasteiger partial charge in [-0.1, -0.05) is 0 Å². The van der Waals surface area contributed by atoms with Gasteiger partial charge in [0, 0.05) is 24.5 Å². The van der Waals surface area contributed by atoms with Gasteiger partial charge in [-0.2, -0.15) is 0 Å². The lowest BCUT2D eigenvalue weighted by Crippen LogP contribution is -2.57. The fourth-order valence-electron chi connectivity index (χ4n) is 4.69. The number of carbonyl (C=O) groups excluding carboxylic acids is 4. The molecule has 4 rings (SSSR count). The molecule has 4 N–H and O–H groups in total. The monoisotopic (exact) mass is 543 g/mol. The minimum atomic E-state index is -2.01. The Kier molecular flexibility index (Phi) is 8.97. The predicted octanol–water partition coefficient (Wildman–Crippen LogP) is -0.0392. The zero-order valence-electron chi connectivity index (χ0n) is 21.5. The fourth-order valence-corrected chi connectivity index (χ4v) is 4.69. The van der Waals surface area contributed by atoms with E-state index in [4.69, 9.17) is 4.74 Å². The number of aromatic nitrogens is 2. The van der Waals surface area contributed by atoms with E-state index in [-0.39, 0.29) is 30.3 Å². The summed E-state index contributed by atoms with van der Waals surface area (Å²) in [6.07, 6.45) is 6.35. The molecule has 1 saturated carbocycles. The molecule has 1 aromatic heterocycles. The van der Waals surface area contributed by atoms with E-state index >= 15 is 0 Å². The summed E-state index contributed by atoms with van der Waals surface area (Å²) in [6, 6.07) is 2.18. The molecular weight excluding hydrogens is 512 g/mol. The van der Waals surface area contributed by atoms with Crippen LogP contribution in [0.25, 0.3) is 5.69 Å². The number of carbonyl (C=O) groups is 4. The Morgan fingerprint density at radius 3 is 2.59 bits per heavy atom. The largest absolute Gasteiger partial charge is 0.476 e. The Labute approximate surface area is 224 Å². The normalized spacial score (nSPS) is 18.3. The van der Waals surface area contributed by atoms with Crippen molar-refractivity contribution in [2.24, 2.45) is 5.92 Å². The topological polar surface area (TPSA) is 163 Å². The van der Waals surface area contributed by atoms with Crippen LogP contribution in [0.3, 0.4) is 0 Å². The third-order valence-corrected chi connectivity index (χ3v) is 6.86. The van der Waals surface area contributed by atoms with Gasteiger partial charge in [0.1, 0.15) is 17.9 Å². The fraction of sp³-hybridized carbons (Fsp3) is 0.480. The van der Waals surface area contributed by atoms with Gasteiger partial charge < -0.3 is 34.9 Å². The van der Waals surface area contributed by atoms with Crippen molar-refractivity contribution in [3.8, 4) is 5.69 Å². The molecular formula is C25H31BFN5O7. The van der Waals surface area contributed by atoms with E-state index in [1.807, 2.05) is 0 Å². The quantitative estimate of drug-likeness (QED) is 0.227. The van der Waals surface area contributed by atoms with E-state index in [1.54, 1.807) is 13.1 Å². The average molecular weight is 543 g/mol. The standard InChI is InChI=1S/C25H31BFN5O7/c1-2-39-21(33)13-20(26(37)38)29-24(35)19-4-3-10-32(19)25(36)22(15-5-6-15)30-23(34)16-7-8-18(17(27)12-16)31-11-9-28-14-31/h7-9,11-12,14-15,19-20,22,37-38H,2-6,10,13H2,1H3,(H,29,35)(H,30,34). The molecule has 2 aromatic rings. The van der Waals surface area contributed by atoms with Crippen LogP contribution in [0, 0.1) is 11.7 Å². The number of imidazole rings is 1. The van der Waals surface area contributed by atoms with Gasteiger partial charge in [-0.15, -0.1) is 0 Å². The summed E-state index contributed by atoms with van der Waals surface area (Å²) in [5.74, 6) is -4.46. The number of nitrogens with one attached hydrogen (secondary N) is 2. The zero-order valence-corrected chi connectivity index (χ0v) is 21.5. The van der Waals surface area contributed by atoms with Gasteiger partial charge in [0.15, 0.2) is 0 Å². The molecule has 0 spiro atoms. The van der Waals surface area contributed by atoms with E-state index in [1.165, 1.54) is 34.1 Å². The van der Waals surface area contributed by atoms with Crippen LogP contribution in [-0.2, 0) is 19.1 Å². The van der Waals surface area contributed by atoms with Crippen LogP contribution in [0.5, 0.6) is 0 Å². The summed E-state index contributed by atoms with van der Waals surface area (Å²) in [5, 5.41) is 24.4. The minimum absolute atomic E-state index is 0.0456. The first-order valence-corrected chi connectivity index (χ1v) is 12.9. The molecule has 2 fully saturated rings. The summed E-state index contributed by atoms with van der Waals surface area (Å²) >= 11 is 0. The van der Waals surface area contributed by atoms with Crippen molar-refractivity contribution in [2.45, 2.75) is 57.1 Å². The van der Waals surface area contributed by atoms with Gasteiger partial charge in [-0.25, -0.2) is 9.37 Å². The second-order valence-corrected chi connectivity index (χ2v) is 9.65. The third-order valence-electron chi connectivity index (χ3n) is 6.86. The zero-order chi connectivity index (χ0) is 28.1. The maximum absolute atomic E-state index is 14.7. The van der Waals surface area contributed by atoms with Gasteiger partial charge in [-0.3, -0.25) is 19.2 Å². The summed E-state index contributed by atoms with van der Waals surface area (Å²) in [7, 11) is -2.01. The SMILES string of the molecule is CCOC(=O)CC(NC(=O)C1CCCN1C(=O)C(NC(=O)c1ccc(-n2ccnc2)c(F)c1)C1CC1)B(O)O. The maximum atomic E-state index is 14.7. The highest BCUT2D eigenvalue weighted by atomic mass is 19.1. The van der Waals surface area contributed by atoms with Crippen LogP contribution in [0.2, 0.25) is 0 Å². The number of ether oxygens (including phenoxy) is 1. The van der Waals surface area contributed by atoms with Crippen LogP contribution in [0.4, 0.5) is 4.39 Å². The molecule has 12 nitrogen and oxygen atoms in total. The van der Waals surface area contributed by atoms with E-state index in [0.717, 1.165) is 6.07 Å². The van der Waals surface area contributed by atoms with Crippen molar-refractivity contribution in [1.29, 1.82) is 0 Å². The lowest BCUT2D eigenvalue weighted by Gasteiger charge is -2.30. The van der Waals surface area contributed by atoms with Crippen LogP contribution in [0.1, 0.15) is 49.4 Å². The highest BCUT2D eigenvalue weighted by Crippen LogP contribution is 2.35. The van der Waals surface area contributed by atoms with Crippen LogP contribution in [-0.4, -0.2) is 86.5 Å². The molecule has 1 aromatic carbocycles. The van der Waals surface area contributed by atoms with E-state index in [0.29, 0.717) is 25.7 Å². The van der Waals surface area contributed by atoms with Crippen molar-refractivity contribution >= 4 is 30.8 Å². The number of benzene rings is 1. The molecule has 208 valence electrons. The van der Waals surface area contributed by atoms with Crippen molar-refractivity contribution in [3.63, 3.8) is 0 Å². The predicted molar refractivity (Wildman–Crippen MR) is 136 cm³/mol. The molecule has 39 heavy (non-hydrogen) atoms. The lowest BCUT2D eigenvalue weighted by molar-refractivity contribution is -0.144. The number of hydrogen-bond donors (Lipinski definition) is 4. The van der Waals surface area contributed by atoms with Gasteiger partial charge in [0.05, 0.1) is 31.0 Å². The van der Waals surface area contributed by atoms with Crippen molar-refractivity contribution < 1.29 is 38.4 Å². The first kappa shape index (κ1) is 28.2. The number of likely N-dealkylation sites (tertiary alicyclic amines) is 1. The van der Waals surface area contributed by atoms with Crippen LogP contribution >= 0.6 is 0 Å². The lowest BCUT2D eigenvalue weighted by atomic mass is 9.77. The Morgan fingerprint density at radius 2 is 1.97 bits per heavy atom. The molecule has 3 atom stereocenters. The molecule has 0 radical (unpaired) electrons. The number of amides is 3. The number of halogens is 1. The number of nitrogens with zero attached hydrogens (tertiary/aromatic N) is 3. The Morgan fingerprint density at radius 1 is 1.21 bits per heavy atom. The highest BCUT2D eigenvalue weighted by Gasteiger charge is 2.44. The Hall–Kier alpha value is -3.78. The third kappa shape index (κ3) is 6.81. The smallest absolute Gasteiger partial charge is 0.466 e. The van der Waals surface area contributed by atoms with E-state index in [9.17, 15) is 33.6 Å². The van der Waals surface area contributed by atoms with Crippen molar-refractivity contribution in [1.82, 2.24) is 25.1 Å². The molecule has 1 aliphatic heterocycles. The first-order valence-electron chi connectivity index (χ1n) is 12.9. The van der Waals surface area contributed by atoms with Crippen molar-refractivity contribution in [2.75, 3.05) is 13.2 Å². The molecule has 0 bridgehead atoms. The molecule has 14 heteroatoms. The molecule has 2 heterocycles. The van der Waals surface area contributed by atoms with Crippen molar-refractivity contribution in [3.05, 3.63) is 48.3 Å². The number of esters is 1. The molecule has 3 amide bonds. The second kappa shape index (κ2) is 12.4. The van der Waals surface area contributed by atoms with Gasteiger partial charge >= 0.3 is 13.1 Å². The molecule has 1 saturated heterocycles.